The molecule has 0 aromatic heterocycles. The second-order valence-corrected chi connectivity index (χ2v) is 4.95. The molecular weight excluding hydrogens is 250 g/mol. The van der Waals surface area contributed by atoms with Crippen LogP contribution in [0.25, 0.3) is 0 Å². The van der Waals surface area contributed by atoms with Gasteiger partial charge in [0, 0.05) is 18.7 Å². The zero-order valence-electron chi connectivity index (χ0n) is 8.54. The van der Waals surface area contributed by atoms with Gasteiger partial charge in [0.25, 0.3) is 5.69 Å². The average molecular weight is 259 g/mol. The Hall–Kier alpha value is -1.87. The molecule has 0 atom stereocenters. The molecule has 1 aromatic carbocycles. The third kappa shape index (κ3) is 2.15. The summed E-state index contributed by atoms with van der Waals surface area (Å²) in [6.45, 7) is 0.723. The first-order chi connectivity index (χ1) is 7.89. The van der Waals surface area contributed by atoms with E-state index < -0.39 is 14.9 Å². The Balaban J connectivity index is 2.69. The lowest BCUT2D eigenvalue weighted by Crippen LogP contribution is -2.20. The fourth-order valence-corrected chi connectivity index (χ4v) is 2.06. The highest BCUT2D eigenvalue weighted by molar-refractivity contribution is 7.89. The van der Waals surface area contributed by atoms with E-state index in [4.69, 9.17) is 9.88 Å². The summed E-state index contributed by atoms with van der Waals surface area (Å²) in [5.41, 5.74) is -0.195. The highest BCUT2D eigenvalue weighted by Crippen LogP contribution is 2.38. The predicted octanol–water partition coefficient (Wildman–Crippen LogP) is 0.0465. The van der Waals surface area contributed by atoms with Gasteiger partial charge in [0.1, 0.15) is 6.61 Å². The van der Waals surface area contributed by atoms with Crippen LogP contribution in [0.15, 0.2) is 17.0 Å². The van der Waals surface area contributed by atoms with Gasteiger partial charge in [-0.05, 0) is 0 Å². The van der Waals surface area contributed by atoms with Crippen molar-refractivity contribution in [3.63, 3.8) is 0 Å². The summed E-state index contributed by atoms with van der Waals surface area (Å²) in [6.07, 6.45) is 0. The zero-order chi connectivity index (χ0) is 12.6. The molecule has 0 radical (unpaired) electrons. The summed E-state index contributed by atoms with van der Waals surface area (Å²) in [5.74, 6) is 0.120. The minimum Gasteiger partial charge on any atom is -0.489 e. The number of nitrogens with zero attached hydrogens (tertiary/aromatic N) is 1. The molecule has 1 aliphatic heterocycles. The van der Waals surface area contributed by atoms with E-state index >= 15 is 0 Å². The third-order valence-electron chi connectivity index (χ3n) is 2.24. The molecular formula is C8H9N3O5S. The first-order valence-electron chi connectivity index (χ1n) is 4.61. The molecule has 3 N–H and O–H groups in total. The number of ether oxygens (including phenoxy) is 1. The molecule has 17 heavy (non-hydrogen) atoms. The van der Waals surface area contributed by atoms with Crippen molar-refractivity contribution in [2.75, 3.05) is 18.5 Å². The van der Waals surface area contributed by atoms with Gasteiger partial charge in [0.05, 0.1) is 9.82 Å². The summed E-state index contributed by atoms with van der Waals surface area (Å²) in [4.78, 5) is 9.80. The van der Waals surface area contributed by atoms with Crippen molar-refractivity contribution in [3.05, 3.63) is 22.2 Å². The molecule has 9 heteroatoms. The van der Waals surface area contributed by atoms with Crippen molar-refractivity contribution in [2.45, 2.75) is 4.90 Å². The van der Waals surface area contributed by atoms with E-state index in [1.165, 1.54) is 6.07 Å². The second kappa shape index (κ2) is 3.86. The number of nitro groups is 1. The summed E-state index contributed by atoms with van der Waals surface area (Å²) in [5, 5.41) is 18.5. The van der Waals surface area contributed by atoms with E-state index in [-0.39, 0.29) is 22.0 Å². The van der Waals surface area contributed by atoms with E-state index in [0.717, 1.165) is 6.07 Å². The molecule has 2 rings (SSSR count). The summed E-state index contributed by atoms with van der Waals surface area (Å²) in [7, 11) is -4.00. The van der Waals surface area contributed by atoms with Crippen molar-refractivity contribution in [1.29, 1.82) is 0 Å². The summed E-state index contributed by atoms with van der Waals surface area (Å²) < 4.78 is 27.5. The fraction of sp³-hybridized carbons (Fsp3) is 0.250. The number of anilines is 1. The van der Waals surface area contributed by atoms with Crippen LogP contribution in [-0.2, 0) is 10.0 Å². The maximum absolute atomic E-state index is 11.2. The minimum absolute atomic E-state index is 0.120. The monoisotopic (exact) mass is 259 g/mol. The van der Waals surface area contributed by atoms with Crippen molar-refractivity contribution in [1.82, 2.24) is 0 Å². The molecule has 0 spiro atoms. The molecule has 1 aliphatic rings. The Labute approximate surface area is 96.6 Å². The van der Waals surface area contributed by atoms with Crippen LogP contribution in [0.2, 0.25) is 0 Å². The van der Waals surface area contributed by atoms with Crippen molar-refractivity contribution < 1.29 is 18.1 Å². The van der Waals surface area contributed by atoms with Crippen molar-refractivity contribution in [3.8, 4) is 5.75 Å². The molecule has 0 saturated heterocycles. The number of nitro benzene ring substituents is 1. The van der Waals surface area contributed by atoms with Crippen LogP contribution < -0.4 is 15.2 Å². The number of rotatable bonds is 2. The molecule has 92 valence electrons. The van der Waals surface area contributed by atoms with E-state index in [1.54, 1.807) is 0 Å². The number of primary sulfonamides is 1. The van der Waals surface area contributed by atoms with Gasteiger partial charge in [-0.3, -0.25) is 10.1 Å². The Bertz CT molecular complexity index is 583. The van der Waals surface area contributed by atoms with Gasteiger partial charge in [0.15, 0.2) is 11.4 Å². The second-order valence-electron chi connectivity index (χ2n) is 3.39. The van der Waals surface area contributed by atoms with E-state index in [2.05, 4.69) is 5.32 Å². The summed E-state index contributed by atoms with van der Waals surface area (Å²) >= 11 is 0. The van der Waals surface area contributed by atoms with Crippen LogP contribution in [0.4, 0.5) is 11.4 Å². The SMILES string of the molecule is NS(=O)(=O)c1cc2c(c([N+](=O)[O-])c1)NCCO2. The van der Waals surface area contributed by atoms with Gasteiger partial charge >= 0.3 is 0 Å². The normalized spacial score (nSPS) is 14.4. The average Bonchev–Trinajstić information content (AvgIpc) is 2.26. The smallest absolute Gasteiger partial charge is 0.297 e. The highest BCUT2D eigenvalue weighted by atomic mass is 32.2. The maximum atomic E-state index is 11.2. The van der Waals surface area contributed by atoms with Gasteiger partial charge in [0.2, 0.25) is 10.0 Å². The minimum atomic E-state index is -4.00. The van der Waals surface area contributed by atoms with E-state index in [9.17, 15) is 18.5 Å². The van der Waals surface area contributed by atoms with Gasteiger partial charge in [-0.25, -0.2) is 13.6 Å². The number of fused-ring (bicyclic) bond motifs is 1. The van der Waals surface area contributed by atoms with Gasteiger partial charge in [-0.15, -0.1) is 0 Å². The predicted molar refractivity (Wildman–Crippen MR) is 58.5 cm³/mol. The molecule has 1 aromatic rings. The standard InChI is InChI=1S/C8H9N3O5S/c9-17(14,15)5-3-6(11(12)13)8-7(4-5)16-2-1-10-8/h3-4,10H,1-2H2,(H2,9,14,15). The first-order valence-corrected chi connectivity index (χ1v) is 6.16. The first kappa shape index (κ1) is 11.6. The zero-order valence-corrected chi connectivity index (χ0v) is 9.36. The van der Waals surface area contributed by atoms with Gasteiger partial charge in [-0.2, -0.15) is 0 Å². The van der Waals surface area contributed by atoms with E-state index in [1.807, 2.05) is 0 Å². The lowest BCUT2D eigenvalue weighted by molar-refractivity contribution is -0.384. The van der Waals surface area contributed by atoms with Crippen LogP contribution in [0.5, 0.6) is 5.75 Å². The quantitative estimate of drug-likeness (QED) is 0.571. The summed E-state index contributed by atoms with van der Waals surface area (Å²) in [6, 6.07) is 2.08. The van der Waals surface area contributed by atoms with E-state index in [0.29, 0.717) is 13.2 Å². The molecule has 1 heterocycles. The van der Waals surface area contributed by atoms with Gasteiger partial charge in [-0.1, -0.05) is 0 Å². The molecule has 0 unspecified atom stereocenters. The van der Waals surface area contributed by atoms with Crippen LogP contribution in [-0.4, -0.2) is 26.5 Å². The lowest BCUT2D eigenvalue weighted by atomic mass is 10.2. The Morgan fingerprint density at radius 1 is 1.47 bits per heavy atom. The van der Waals surface area contributed by atoms with Crippen LogP contribution >= 0.6 is 0 Å². The number of sulfonamides is 1. The van der Waals surface area contributed by atoms with Crippen molar-refractivity contribution >= 4 is 21.4 Å². The number of benzene rings is 1. The van der Waals surface area contributed by atoms with Crippen molar-refractivity contribution in [2.24, 2.45) is 5.14 Å². The number of nitrogens with one attached hydrogen (secondary N) is 1. The largest absolute Gasteiger partial charge is 0.489 e. The molecule has 0 saturated carbocycles. The molecule has 0 aliphatic carbocycles. The molecule has 0 fully saturated rings. The van der Waals surface area contributed by atoms with Gasteiger partial charge < -0.3 is 10.1 Å². The Morgan fingerprint density at radius 2 is 2.18 bits per heavy atom. The topological polar surface area (TPSA) is 125 Å². The molecule has 0 bridgehead atoms. The van der Waals surface area contributed by atoms with Crippen LogP contribution in [0, 0.1) is 10.1 Å². The van der Waals surface area contributed by atoms with Crippen LogP contribution in [0.3, 0.4) is 0 Å². The highest BCUT2D eigenvalue weighted by Gasteiger charge is 2.26. The number of hydrogen-bond donors (Lipinski definition) is 2. The lowest BCUT2D eigenvalue weighted by Gasteiger charge is -2.19. The molecule has 8 nitrogen and oxygen atoms in total. The number of nitrogens with two attached hydrogens (primary N) is 1. The Morgan fingerprint density at radius 3 is 2.76 bits per heavy atom. The number of hydrogen-bond acceptors (Lipinski definition) is 6. The Kier molecular flexibility index (Phi) is 2.63. The third-order valence-corrected chi connectivity index (χ3v) is 3.13. The fourth-order valence-electron chi connectivity index (χ4n) is 1.51. The maximum Gasteiger partial charge on any atom is 0.297 e. The van der Waals surface area contributed by atoms with Crippen LogP contribution in [0.1, 0.15) is 0 Å². The molecule has 0 amide bonds.